The first-order valence-electron chi connectivity index (χ1n) is 7.51. The van der Waals surface area contributed by atoms with Crippen LogP contribution in [0.15, 0.2) is 42.6 Å². The summed E-state index contributed by atoms with van der Waals surface area (Å²) in [5.74, 6) is -0.0768. The Labute approximate surface area is 129 Å². The van der Waals surface area contributed by atoms with Crippen LogP contribution in [0.4, 0.5) is 15.9 Å². The van der Waals surface area contributed by atoms with Crippen molar-refractivity contribution in [3.05, 3.63) is 54.0 Å². The molecule has 0 atom stereocenters. The zero-order valence-electron chi connectivity index (χ0n) is 12.3. The molecule has 1 N–H and O–H groups in total. The fourth-order valence-electron chi connectivity index (χ4n) is 2.61. The standard InChI is InChI=1S/C17H18FN3O/c18-15-7-3-2-6-14(15)17(22)20-13-8-9-16(19-12-13)21-10-4-1-5-11-21/h2-3,6-9,12H,1,4-5,10-11H2,(H,20,22). The number of carbonyl (C=O) groups is 1. The number of pyridine rings is 1. The van der Waals surface area contributed by atoms with Gasteiger partial charge >= 0.3 is 0 Å². The van der Waals surface area contributed by atoms with Gasteiger partial charge in [-0.1, -0.05) is 12.1 Å². The maximum absolute atomic E-state index is 13.6. The van der Waals surface area contributed by atoms with Crippen LogP contribution in [0.2, 0.25) is 0 Å². The predicted octanol–water partition coefficient (Wildman–Crippen LogP) is 3.46. The lowest BCUT2D eigenvalue weighted by molar-refractivity contribution is 0.102. The average molecular weight is 299 g/mol. The van der Waals surface area contributed by atoms with E-state index in [4.69, 9.17) is 0 Å². The van der Waals surface area contributed by atoms with Crippen LogP contribution in [0.1, 0.15) is 29.6 Å². The van der Waals surface area contributed by atoms with Crippen LogP contribution in [0.3, 0.4) is 0 Å². The maximum Gasteiger partial charge on any atom is 0.258 e. The molecule has 1 saturated heterocycles. The molecule has 1 fully saturated rings. The Balaban J connectivity index is 1.68. The number of hydrogen-bond donors (Lipinski definition) is 1. The molecule has 1 aliphatic rings. The van der Waals surface area contributed by atoms with E-state index in [-0.39, 0.29) is 5.56 Å². The van der Waals surface area contributed by atoms with Crippen LogP contribution in [-0.2, 0) is 0 Å². The molecule has 4 nitrogen and oxygen atoms in total. The summed E-state index contributed by atoms with van der Waals surface area (Å²) in [6, 6.07) is 9.61. The van der Waals surface area contributed by atoms with E-state index in [2.05, 4.69) is 15.2 Å². The van der Waals surface area contributed by atoms with Gasteiger partial charge in [0.15, 0.2) is 0 Å². The third kappa shape index (κ3) is 3.24. The summed E-state index contributed by atoms with van der Waals surface area (Å²) in [4.78, 5) is 18.7. The molecule has 5 heteroatoms. The van der Waals surface area contributed by atoms with Crippen molar-refractivity contribution in [1.82, 2.24) is 4.98 Å². The topological polar surface area (TPSA) is 45.2 Å². The Kier molecular flexibility index (Phi) is 4.32. The van der Waals surface area contributed by atoms with Crippen molar-refractivity contribution in [3.63, 3.8) is 0 Å². The number of anilines is 2. The van der Waals surface area contributed by atoms with Crippen LogP contribution >= 0.6 is 0 Å². The molecule has 0 saturated carbocycles. The number of nitrogens with zero attached hydrogens (tertiary/aromatic N) is 2. The number of nitrogens with one attached hydrogen (secondary N) is 1. The van der Waals surface area contributed by atoms with E-state index in [0.717, 1.165) is 18.9 Å². The zero-order valence-corrected chi connectivity index (χ0v) is 12.3. The number of amides is 1. The largest absolute Gasteiger partial charge is 0.357 e. The highest BCUT2D eigenvalue weighted by atomic mass is 19.1. The number of aromatic nitrogens is 1. The zero-order chi connectivity index (χ0) is 15.4. The Hall–Kier alpha value is -2.43. The van der Waals surface area contributed by atoms with Crippen molar-refractivity contribution >= 4 is 17.4 Å². The van der Waals surface area contributed by atoms with E-state index in [1.54, 1.807) is 24.4 Å². The van der Waals surface area contributed by atoms with Gasteiger partial charge < -0.3 is 10.2 Å². The van der Waals surface area contributed by atoms with Gasteiger partial charge in [0.2, 0.25) is 0 Å². The Morgan fingerprint density at radius 1 is 1.09 bits per heavy atom. The first kappa shape index (κ1) is 14.5. The summed E-state index contributed by atoms with van der Waals surface area (Å²) in [5, 5.41) is 2.67. The number of rotatable bonds is 3. The molecule has 114 valence electrons. The van der Waals surface area contributed by atoms with Crippen molar-refractivity contribution in [2.45, 2.75) is 19.3 Å². The summed E-state index contributed by atoms with van der Waals surface area (Å²) in [5.41, 5.74) is 0.594. The second-order valence-corrected chi connectivity index (χ2v) is 5.39. The van der Waals surface area contributed by atoms with Gasteiger partial charge in [-0.3, -0.25) is 4.79 Å². The fraction of sp³-hybridized carbons (Fsp3) is 0.294. The molecule has 2 aromatic rings. The second-order valence-electron chi connectivity index (χ2n) is 5.39. The smallest absolute Gasteiger partial charge is 0.258 e. The summed E-state index contributed by atoms with van der Waals surface area (Å²) in [7, 11) is 0. The van der Waals surface area contributed by atoms with Crippen molar-refractivity contribution in [3.8, 4) is 0 Å². The average Bonchev–Trinajstić information content (AvgIpc) is 2.57. The SMILES string of the molecule is O=C(Nc1ccc(N2CCCCC2)nc1)c1ccccc1F. The molecule has 2 heterocycles. The third-order valence-electron chi connectivity index (χ3n) is 3.80. The van der Waals surface area contributed by atoms with E-state index in [1.807, 2.05) is 6.07 Å². The molecule has 22 heavy (non-hydrogen) atoms. The minimum Gasteiger partial charge on any atom is -0.357 e. The molecule has 0 radical (unpaired) electrons. The van der Waals surface area contributed by atoms with E-state index in [1.165, 1.54) is 31.4 Å². The molecule has 0 spiro atoms. The summed E-state index contributed by atoms with van der Waals surface area (Å²) in [6.45, 7) is 2.04. The Bertz CT molecular complexity index is 651. The van der Waals surface area contributed by atoms with Crippen molar-refractivity contribution in [1.29, 1.82) is 0 Å². The predicted molar refractivity (Wildman–Crippen MR) is 84.7 cm³/mol. The quantitative estimate of drug-likeness (QED) is 0.944. The minimum atomic E-state index is -0.530. The van der Waals surface area contributed by atoms with Gasteiger partial charge in [-0.05, 0) is 43.5 Å². The molecule has 1 amide bonds. The fourth-order valence-corrected chi connectivity index (χ4v) is 2.61. The molecule has 1 aliphatic heterocycles. The Morgan fingerprint density at radius 3 is 2.55 bits per heavy atom. The molecule has 1 aromatic heterocycles. The van der Waals surface area contributed by atoms with Gasteiger partial charge in [-0.25, -0.2) is 9.37 Å². The number of benzene rings is 1. The highest BCUT2D eigenvalue weighted by Gasteiger charge is 2.13. The second kappa shape index (κ2) is 6.56. The summed E-state index contributed by atoms with van der Waals surface area (Å²) < 4.78 is 13.6. The van der Waals surface area contributed by atoms with Crippen LogP contribution in [0.25, 0.3) is 0 Å². The maximum atomic E-state index is 13.6. The molecule has 0 aliphatic carbocycles. The van der Waals surface area contributed by atoms with Gasteiger partial charge in [-0.2, -0.15) is 0 Å². The molecular formula is C17H18FN3O. The summed E-state index contributed by atoms with van der Waals surface area (Å²) >= 11 is 0. The van der Waals surface area contributed by atoms with Gasteiger partial charge in [0, 0.05) is 13.1 Å². The summed E-state index contributed by atoms with van der Waals surface area (Å²) in [6.07, 6.45) is 5.26. The van der Waals surface area contributed by atoms with E-state index in [0.29, 0.717) is 5.69 Å². The van der Waals surface area contributed by atoms with E-state index < -0.39 is 11.7 Å². The van der Waals surface area contributed by atoms with Crippen molar-refractivity contribution in [2.75, 3.05) is 23.3 Å². The lowest BCUT2D eigenvalue weighted by Crippen LogP contribution is -2.30. The van der Waals surface area contributed by atoms with Gasteiger partial charge in [0.1, 0.15) is 11.6 Å². The molecule has 3 rings (SSSR count). The number of piperidine rings is 1. The van der Waals surface area contributed by atoms with Gasteiger partial charge in [-0.15, -0.1) is 0 Å². The lowest BCUT2D eigenvalue weighted by atomic mass is 10.1. The molecule has 0 unspecified atom stereocenters. The normalized spacial score (nSPS) is 14.7. The molecule has 1 aromatic carbocycles. The van der Waals surface area contributed by atoms with Crippen molar-refractivity contribution in [2.24, 2.45) is 0 Å². The number of carbonyl (C=O) groups excluding carboxylic acids is 1. The third-order valence-corrected chi connectivity index (χ3v) is 3.80. The van der Waals surface area contributed by atoms with Gasteiger partial charge in [0.05, 0.1) is 17.4 Å². The van der Waals surface area contributed by atoms with Crippen LogP contribution in [0, 0.1) is 5.82 Å². The molecular weight excluding hydrogens is 281 g/mol. The van der Waals surface area contributed by atoms with Crippen LogP contribution in [0.5, 0.6) is 0 Å². The first-order chi connectivity index (χ1) is 10.7. The highest BCUT2D eigenvalue weighted by Crippen LogP contribution is 2.19. The first-order valence-corrected chi connectivity index (χ1v) is 7.51. The Morgan fingerprint density at radius 2 is 1.86 bits per heavy atom. The van der Waals surface area contributed by atoms with Crippen LogP contribution < -0.4 is 10.2 Å². The number of hydrogen-bond acceptors (Lipinski definition) is 3. The number of halogens is 1. The monoisotopic (exact) mass is 299 g/mol. The van der Waals surface area contributed by atoms with E-state index >= 15 is 0 Å². The van der Waals surface area contributed by atoms with E-state index in [9.17, 15) is 9.18 Å². The van der Waals surface area contributed by atoms with Crippen molar-refractivity contribution < 1.29 is 9.18 Å². The molecule has 0 bridgehead atoms. The van der Waals surface area contributed by atoms with Gasteiger partial charge in [0.25, 0.3) is 5.91 Å². The minimum absolute atomic E-state index is 0.0302. The highest BCUT2D eigenvalue weighted by molar-refractivity contribution is 6.04. The lowest BCUT2D eigenvalue weighted by Gasteiger charge is -2.27. The van der Waals surface area contributed by atoms with Crippen LogP contribution in [-0.4, -0.2) is 24.0 Å².